The van der Waals surface area contributed by atoms with Crippen LogP contribution in [0.4, 0.5) is 0 Å². The number of nitrogens with two attached hydrogens (primary N) is 1. The number of allylic oxidation sites excluding steroid dienone is 2. The third-order valence-corrected chi connectivity index (χ3v) is 2.01. The Morgan fingerprint density at radius 2 is 2.08 bits per heavy atom. The molecule has 0 unspecified atom stereocenters. The molecule has 0 aliphatic carbocycles. The van der Waals surface area contributed by atoms with Crippen LogP contribution in [0.5, 0.6) is 0 Å². The SMILES string of the molecule is CCC/C(=C\C(=C/N)OC)C(C)C. The highest BCUT2D eigenvalue weighted by atomic mass is 16.5. The van der Waals surface area contributed by atoms with Crippen molar-refractivity contribution in [3.05, 3.63) is 23.6 Å². The molecule has 0 saturated heterocycles. The van der Waals surface area contributed by atoms with Gasteiger partial charge in [-0.1, -0.05) is 32.8 Å². The molecule has 0 aromatic rings. The molecule has 0 fully saturated rings. The van der Waals surface area contributed by atoms with Gasteiger partial charge in [-0.2, -0.15) is 0 Å². The lowest BCUT2D eigenvalue weighted by molar-refractivity contribution is 0.304. The third kappa shape index (κ3) is 4.61. The Morgan fingerprint density at radius 3 is 2.38 bits per heavy atom. The van der Waals surface area contributed by atoms with Gasteiger partial charge < -0.3 is 10.5 Å². The fraction of sp³-hybridized carbons (Fsp3) is 0.636. The molecule has 13 heavy (non-hydrogen) atoms. The highest BCUT2D eigenvalue weighted by molar-refractivity contribution is 5.19. The second-order valence-corrected chi connectivity index (χ2v) is 3.40. The van der Waals surface area contributed by atoms with Gasteiger partial charge in [-0.15, -0.1) is 0 Å². The van der Waals surface area contributed by atoms with E-state index in [-0.39, 0.29) is 0 Å². The molecule has 0 atom stereocenters. The van der Waals surface area contributed by atoms with E-state index in [1.54, 1.807) is 7.11 Å². The molecule has 76 valence electrons. The van der Waals surface area contributed by atoms with E-state index in [1.807, 2.05) is 6.08 Å². The summed E-state index contributed by atoms with van der Waals surface area (Å²) in [7, 11) is 1.64. The maximum absolute atomic E-state index is 5.40. The van der Waals surface area contributed by atoms with Crippen molar-refractivity contribution in [1.29, 1.82) is 0 Å². The van der Waals surface area contributed by atoms with E-state index in [1.165, 1.54) is 11.8 Å². The summed E-state index contributed by atoms with van der Waals surface area (Å²) in [6.07, 6.45) is 5.80. The Morgan fingerprint density at radius 1 is 1.46 bits per heavy atom. The first-order chi connectivity index (χ1) is 6.15. The number of hydrogen-bond acceptors (Lipinski definition) is 2. The van der Waals surface area contributed by atoms with Crippen molar-refractivity contribution in [3.8, 4) is 0 Å². The maximum atomic E-state index is 5.40. The van der Waals surface area contributed by atoms with Crippen LogP contribution in [-0.2, 0) is 4.74 Å². The van der Waals surface area contributed by atoms with Crippen LogP contribution in [-0.4, -0.2) is 7.11 Å². The molecule has 0 aromatic heterocycles. The molecular weight excluding hydrogens is 162 g/mol. The largest absolute Gasteiger partial charge is 0.495 e. The summed E-state index contributed by atoms with van der Waals surface area (Å²) in [6.45, 7) is 6.55. The number of methoxy groups -OCH3 is 1. The van der Waals surface area contributed by atoms with Gasteiger partial charge in [0.2, 0.25) is 0 Å². The molecule has 0 radical (unpaired) electrons. The molecular formula is C11H21NO. The van der Waals surface area contributed by atoms with Gasteiger partial charge in [0.15, 0.2) is 0 Å². The van der Waals surface area contributed by atoms with Crippen molar-refractivity contribution in [2.75, 3.05) is 7.11 Å². The topological polar surface area (TPSA) is 35.2 Å². The van der Waals surface area contributed by atoms with Crippen molar-refractivity contribution in [2.24, 2.45) is 11.7 Å². The molecule has 2 nitrogen and oxygen atoms in total. The second kappa shape index (κ2) is 6.58. The Balaban J connectivity index is 4.50. The molecule has 0 heterocycles. The highest BCUT2D eigenvalue weighted by Crippen LogP contribution is 2.17. The van der Waals surface area contributed by atoms with E-state index >= 15 is 0 Å². The average Bonchev–Trinajstić information content (AvgIpc) is 2.11. The van der Waals surface area contributed by atoms with E-state index in [9.17, 15) is 0 Å². The minimum atomic E-state index is 0.560. The summed E-state index contributed by atoms with van der Waals surface area (Å²) in [5.41, 5.74) is 6.79. The first kappa shape index (κ1) is 12.1. The molecule has 0 amide bonds. The van der Waals surface area contributed by atoms with E-state index in [4.69, 9.17) is 10.5 Å². The lowest BCUT2D eigenvalue weighted by atomic mass is 9.98. The van der Waals surface area contributed by atoms with Crippen molar-refractivity contribution >= 4 is 0 Å². The molecule has 2 N–H and O–H groups in total. The van der Waals surface area contributed by atoms with Crippen molar-refractivity contribution in [2.45, 2.75) is 33.6 Å². The minimum Gasteiger partial charge on any atom is -0.495 e. The van der Waals surface area contributed by atoms with Gasteiger partial charge in [-0.3, -0.25) is 0 Å². The van der Waals surface area contributed by atoms with E-state index < -0.39 is 0 Å². The fourth-order valence-electron chi connectivity index (χ4n) is 1.17. The molecule has 0 bridgehead atoms. The number of rotatable bonds is 5. The molecule has 2 heteroatoms. The zero-order valence-corrected chi connectivity index (χ0v) is 9.13. The van der Waals surface area contributed by atoms with Crippen molar-refractivity contribution < 1.29 is 4.74 Å². The number of hydrogen-bond donors (Lipinski definition) is 1. The Kier molecular flexibility index (Phi) is 6.11. The summed E-state index contributed by atoms with van der Waals surface area (Å²) >= 11 is 0. The first-order valence-corrected chi connectivity index (χ1v) is 4.82. The number of ether oxygens (including phenoxy) is 1. The highest BCUT2D eigenvalue weighted by Gasteiger charge is 2.03. The summed E-state index contributed by atoms with van der Waals surface area (Å²) in [6, 6.07) is 0. The van der Waals surface area contributed by atoms with Gasteiger partial charge in [0.25, 0.3) is 0 Å². The lowest BCUT2D eigenvalue weighted by Crippen LogP contribution is -1.97. The van der Waals surface area contributed by atoms with Crippen molar-refractivity contribution in [3.63, 3.8) is 0 Å². The van der Waals surface area contributed by atoms with E-state index in [2.05, 4.69) is 20.8 Å². The molecule has 0 saturated carbocycles. The normalized spacial score (nSPS) is 13.6. The summed E-state index contributed by atoms with van der Waals surface area (Å²) < 4.78 is 5.09. The fourth-order valence-corrected chi connectivity index (χ4v) is 1.17. The Bertz CT molecular complexity index is 192. The molecule has 0 rings (SSSR count). The Hall–Kier alpha value is -0.920. The van der Waals surface area contributed by atoms with Gasteiger partial charge in [0.05, 0.1) is 7.11 Å². The molecule has 0 aliphatic rings. The van der Waals surface area contributed by atoms with Crippen LogP contribution in [0.15, 0.2) is 23.6 Å². The van der Waals surface area contributed by atoms with Crippen LogP contribution in [0.3, 0.4) is 0 Å². The third-order valence-electron chi connectivity index (χ3n) is 2.01. The summed E-state index contributed by atoms with van der Waals surface area (Å²) in [5.74, 6) is 1.31. The second-order valence-electron chi connectivity index (χ2n) is 3.40. The van der Waals surface area contributed by atoms with Crippen molar-refractivity contribution in [1.82, 2.24) is 0 Å². The average molecular weight is 183 g/mol. The summed E-state index contributed by atoms with van der Waals surface area (Å²) in [5, 5.41) is 0. The smallest absolute Gasteiger partial charge is 0.134 e. The zero-order chi connectivity index (χ0) is 10.3. The van der Waals surface area contributed by atoms with Gasteiger partial charge in [-0.05, 0) is 18.4 Å². The van der Waals surface area contributed by atoms with Crippen LogP contribution in [0.2, 0.25) is 0 Å². The predicted octanol–water partition coefficient (Wildman–Crippen LogP) is 2.82. The van der Waals surface area contributed by atoms with Crippen LogP contribution >= 0.6 is 0 Å². The first-order valence-electron chi connectivity index (χ1n) is 4.82. The zero-order valence-electron chi connectivity index (χ0n) is 9.13. The van der Waals surface area contributed by atoms with Gasteiger partial charge in [0.1, 0.15) is 5.76 Å². The maximum Gasteiger partial charge on any atom is 0.134 e. The van der Waals surface area contributed by atoms with Crippen LogP contribution in [0.1, 0.15) is 33.6 Å². The lowest BCUT2D eigenvalue weighted by Gasteiger charge is -2.11. The quantitative estimate of drug-likeness (QED) is 0.525. The minimum absolute atomic E-state index is 0.560. The van der Waals surface area contributed by atoms with E-state index in [0.29, 0.717) is 5.92 Å². The van der Waals surface area contributed by atoms with Gasteiger partial charge >= 0.3 is 0 Å². The van der Waals surface area contributed by atoms with Crippen LogP contribution in [0, 0.1) is 5.92 Å². The Labute approximate surface area is 81.5 Å². The molecule has 0 spiro atoms. The standard InChI is InChI=1S/C11H21NO/c1-5-6-10(9(2)3)7-11(8-12)13-4/h7-9H,5-6,12H2,1-4H3/b10-7+,11-8+. The molecule has 0 aliphatic heterocycles. The van der Waals surface area contributed by atoms with Gasteiger partial charge in [-0.25, -0.2) is 0 Å². The predicted molar refractivity (Wildman–Crippen MR) is 57.1 cm³/mol. The summed E-state index contributed by atoms with van der Waals surface area (Å²) in [4.78, 5) is 0. The monoisotopic (exact) mass is 183 g/mol. The van der Waals surface area contributed by atoms with E-state index in [0.717, 1.165) is 18.6 Å². The van der Waals surface area contributed by atoms with Gasteiger partial charge in [0, 0.05) is 6.20 Å². The molecule has 0 aromatic carbocycles. The van der Waals surface area contributed by atoms with Crippen LogP contribution in [0.25, 0.3) is 0 Å². The van der Waals surface area contributed by atoms with Crippen LogP contribution < -0.4 is 5.73 Å².